The Kier molecular flexibility index (Phi) is 5.72. The lowest BCUT2D eigenvalue weighted by Crippen LogP contribution is -2.23. The Morgan fingerprint density at radius 1 is 1.00 bits per heavy atom. The van der Waals surface area contributed by atoms with Gasteiger partial charge in [-0.05, 0) is 42.4 Å². The minimum atomic E-state index is -0.259. The molecular weight excluding hydrogens is 269 g/mol. The van der Waals surface area contributed by atoms with Crippen LogP contribution in [0.15, 0.2) is 48.5 Å². The molecular formula is C17H20FNO2. The molecule has 0 fully saturated rings. The van der Waals surface area contributed by atoms with E-state index >= 15 is 0 Å². The molecule has 0 aliphatic rings. The molecule has 0 bridgehead atoms. The van der Waals surface area contributed by atoms with Gasteiger partial charge in [0.25, 0.3) is 0 Å². The van der Waals surface area contributed by atoms with E-state index in [1.54, 1.807) is 12.1 Å². The second-order valence-electron chi connectivity index (χ2n) is 5.01. The van der Waals surface area contributed by atoms with E-state index in [0.29, 0.717) is 12.4 Å². The van der Waals surface area contributed by atoms with Crippen LogP contribution >= 0.6 is 0 Å². The van der Waals surface area contributed by atoms with E-state index in [-0.39, 0.29) is 12.4 Å². The average molecular weight is 289 g/mol. The summed E-state index contributed by atoms with van der Waals surface area (Å²) in [5.41, 5.74) is 2.11. The zero-order valence-electron chi connectivity index (χ0n) is 12.1. The van der Waals surface area contributed by atoms with Gasteiger partial charge in [-0.1, -0.05) is 24.3 Å². The summed E-state index contributed by atoms with van der Waals surface area (Å²) in [6, 6.07) is 13.9. The molecule has 4 heteroatoms. The second kappa shape index (κ2) is 7.76. The molecule has 0 amide bonds. The first-order valence-electron chi connectivity index (χ1n) is 6.93. The Labute approximate surface area is 124 Å². The Hall–Kier alpha value is -1.91. The van der Waals surface area contributed by atoms with Crippen LogP contribution in [-0.2, 0) is 13.2 Å². The average Bonchev–Trinajstić information content (AvgIpc) is 2.50. The zero-order valence-corrected chi connectivity index (χ0v) is 12.1. The van der Waals surface area contributed by atoms with Crippen LogP contribution in [0.5, 0.6) is 5.75 Å². The SMILES string of the molecule is CN(CCOc1ccc(F)cc1)Cc1ccc(CO)cc1. The monoisotopic (exact) mass is 289 g/mol. The van der Waals surface area contributed by atoms with Gasteiger partial charge in [-0.3, -0.25) is 4.90 Å². The molecule has 0 aliphatic heterocycles. The van der Waals surface area contributed by atoms with Gasteiger partial charge in [-0.15, -0.1) is 0 Å². The molecule has 0 saturated carbocycles. The van der Waals surface area contributed by atoms with Gasteiger partial charge in [-0.25, -0.2) is 4.39 Å². The smallest absolute Gasteiger partial charge is 0.123 e. The number of benzene rings is 2. The van der Waals surface area contributed by atoms with Gasteiger partial charge in [0.1, 0.15) is 18.2 Å². The third-order valence-corrected chi connectivity index (χ3v) is 3.21. The van der Waals surface area contributed by atoms with Crippen molar-refractivity contribution >= 4 is 0 Å². The Balaban J connectivity index is 1.73. The fraction of sp³-hybridized carbons (Fsp3) is 0.294. The van der Waals surface area contributed by atoms with Gasteiger partial charge < -0.3 is 9.84 Å². The molecule has 0 heterocycles. The van der Waals surface area contributed by atoms with E-state index in [0.717, 1.165) is 18.7 Å². The highest BCUT2D eigenvalue weighted by Crippen LogP contribution is 2.11. The zero-order chi connectivity index (χ0) is 15.1. The topological polar surface area (TPSA) is 32.7 Å². The lowest BCUT2D eigenvalue weighted by molar-refractivity contribution is 0.232. The predicted octanol–water partition coefficient (Wildman–Crippen LogP) is 2.83. The molecule has 2 aromatic carbocycles. The summed E-state index contributed by atoms with van der Waals surface area (Å²) in [6.07, 6.45) is 0. The molecule has 112 valence electrons. The Morgan fingerprint density at radius 2 is 1.62 bits per heavy atom. The first-order chi connectivity index (χ1) is 10.2. The molecule has 0 radical (unpaired) electrons. The van der Waals surface area contributed by atoms with E-state index < -0.39 is 0 Å². The Morgan fingerprint density at radius 3 is 2.24 bits per heavy atom. The molecule has 2 rings (SSSR count). The normalized spacial score (nSPS) is 10.9. The summed E-state index contributed by atoms with van der Waals surface area (Å²) in [5.74, 6) is 0.419. The van der Waals surface area contributed by atoms with Crippen LogP contribution in [0.2, 0.25) is 0 Å². The maximum absolute atomic E-state index is 12.8. The van der Waals surface area contributed by atoms with Crippen molar-refractivity contribution in [3.8, 4) is 5.75 Å². The molecule has 3 nitrogen and oxygen atoms in total. The van der Waals surface area contributed by atoms with Crippen LogP contribution in [0.3, 0.4) is 0 Å². The van der Waals surface area contributed by atoms with Crippen molar-refractivity contribution in [1.82, 2.24) is 4.90 Å². The third-order valence-electron chi connectivity index (χ3n) is 3.21. The second-order valence-corrected chi connectivity index (χ2v) is 5.01. The first-order valence-corrected chi connectivity index (χ1v) is 6.93. The highest BCUT2D eigenvalue weighted by atomic mass is 19.1. The van der Waals surface area contributed by atoms with Crippen molar-refractivity contribution in [3.05, 3.63) is 65.5 Å². The lowest BCUT2D eigenvalue weighted by Gasteiger charge is -2.17. The highest BCUT2D eigenvalue weighted by molar-refractivity contribution is 5.22. The fourth-order valence-corrected chi connectivity index (χ4v) is 1.99. The molecule has 2 aromatic rings. The van der Waals surface area contributed by atoms with Crippen LogP contribution < -0.4 is 4.74 Å². The summed E-state index contributed by atoms with van der Waals surface area (Å²) in [5, 5.41) is 9.00. The highest BCUT2D eigenvalue weighted by Gasteiger charge is 2.02. The van der Waals surface area contributed by atoms with E-state index in [9.17, 15) is 4.39 Å². The van der Waals surface area contributed by atoms with E-state index in [2.05, 4.69) is 4.90 Å². The largest absolute Gasteiger partial charge is 0.492 e. The summed E-state index contributed by atoms with van der Waals surface area (Å²) < 4.78 is 18.3. The number of rotatable bonds is 7. The predicted molar refractivity (Wildman–Crippen MR) is 80.6 cm³/mol. The van der Waals surface area contributed by atoms with E-state index in [4.69, 9.17) is 9.84 Å². The van der Waals surface area contributed by atoms with Crippen molar-refractivity contribution in [2.24, 2.45) is 0 Å². The van der Waals surface area contributed by atoms with Crippen LogP contribution in [0, 0.1) is 5.82 Å². The summed E-state index contributed by atoms with van der Waals surface area (Å²) in [7, 11) is 2.02. The molecule has 0 saturated heterocycles. The molecule has 1 N–H and O–H groups in total. The van der Waals surface area contributed by atoms with Gasteiger partial charge in [0, 0.05) is 13.1 Å². The summed E-state index contributed by atoms with van der Waals surface area (Å²) in [4.78, 5) is 2.15. The quantitative estimate of drug-likeness (QED) is 0.851. The minimum absolute atomic E-state index is 0.0711. The third kappa shape index (κ3) is 5.17. The summed E-state index contributed by atoms with van der Waals surface area (Å²) >= 11 is 0. The number of likely N-dealkylation sites (N-methyl/N-ethyl adjacent to an activating group) is 1. The van der Waals surface area contributed by atoms with Crippen molar-refractivity contribution in [2.75, 3.05) is 20.2 Å². The molecule has 0 unspecified atom stereocenters. The van der Waals surface area contributed by atoms with Gasteiger partial charge >= 0.3 is 0 Å². The van der Waals surface area contributed by atoms with Crippen molar-refractivity contribution in [1.29, 1.82) is 0 Å². The molecule has 0 aromatic heterocycles. The number of aliphatic hydroxyl groups is 1. The van der Waals surface area contributed by atoms with Gasteiger partial charge in [0.05, 0.1) is 6.61 Å². The lowest BCUT2D eigenvalue weighted by atomic mass is 10.1. The number of nitrogens with zero attached hydrogens (tertiary/aromatic N) is 1. The fourth-order valence-electron chi connectivity index (χ4n) is 1.99. The van der Waals surface area contributed by atoms with E-state index in [1.807, 2.05) is 31.3 Å². The Bertz CT molecular complexity index is 540. The number of halogens is 1. The van der Waals surface area contributed by atoms with Gasteiger partial charge in [-0.2, -0.15) is 0 Å². The molecule has 21 heavy (non-hydrogen) atoms. The maximum atomic E-state index is 12.8. The standard InChI is InChI=1S/C17H20FNO2/c1-19(12-14-2-4-15(13-20)5-3-14)10-11-21-17-8-6-16(18)7-9-17/h2-9,20H,10-13H2,1H3. The van der Waals surface area contributed by atoms with Crippen molar-refractivity contribution in [2.45, 2.75) is 13.2 Å². The van der Waals surface area contributed by atoms with Gasteiger partial charge in [0.15, 0.2) is 0 Å². The van der Waals surface area contributed by atoms with Crippen LogP contribution in [-0.4, -0.2) is 30.2 Å². The number of ether oxygens (including phenoxy) is 1. The molecule has 0 spiro atoms. The van der Waals surface area contributed by atoms with Crippen LogP contribution in [0.25, 0.3) is 0 Å². The summed E-state index contributed by atoms with van der Waals surface area (Å²) in [6.45, 7) is 2.22. The number of hydrogen-bond donors (Lipinski definition) is 1. The van der Waals surface area contributed by atoms with Crippen LogP contribution in [0.1, 0.15) is 11.1 Å². The molecule has 0 atom stereocenters. The minimum Gasteiger partial charge on any atom is -0.492 e. The van der Waals surface area contributed by atoms with Crippen molar-refractivity contribution in [3.63, 3.8) is 0 Å². The maximum Gasteiger partial charge on any atom is 0.123 e. The van der Waals surface area contributed by atoms with E-state index in [1.165, 1.54) is 17.7 Å². The molecule has 0 aliphatic carbocycles. The number of aliphatic hydroxyl groups excluding tert-OH is 1. The van der Waals surface area contributed by atoms with Crippen molar-refractivity contribution < 1.29 is 14.2 Å². The first kappa shape index (κ1) is 15.5. The van der Waals surface area contributed by atoms with Gasteiger partial charge in [0.2, 0.25) is 0 Å². The number of hydrogen-bond acceptors (Lipinski definition) is 3. The van der Waals surface area contributed by atoms with Crippen LogP contribution in [0.4, 0.5) is 4.39 Å².